The fourth-order valence-corrected chi connectivity index (χ4v) is 4.21. The molecule has 0 saturated carbocycles. The van der Waals surface area contributed by atoms with Gasteiger partial charge in [0.15, 0.2) is 5.78 Å². The third-order valence-corrected chi connectivity index (χ3v) is 6.38. The fourth-order valence-electron chi connectivity index (χ4n) is 3.91. The molecule has 7 nitrogen and oxygen atoms in total. The number of hydrogen-bond acceptors (Lipinski definition) is 5. The summed E-state index contributed by atoms with van der Waals surface area (Å²) in [6.07, 6.45) is 0.377. The predicted molar refractivity (Wildman–Crippen MR) is 134 cm³/mol. The smallest absolute Gasteiger partial charge is 0.263 e. The van der Waals surface area contributed by atoms with Crippen molar-refractivity contribution in [1.29, 1.82) is 0 Å². The highest BCUT2D eigenvalue weighted by atomic mass is 35.5. The zero-order chi connectivity index (χ0) is 24.6. The number of ketones is 1. The van der Waals surface area contributed by atoms with Crippen LogP contribution in [0.25, 0.3) is 5.69 Å². The minimum absolute atomic E-state index is 0.0187. The number of rotatable bonds is 5. The molecule has 0 bridgehead atoms. The Kier molecular flexibility index (Phi) is 6.77. The fraction of sp³-hybridized carbons (Fsp3) is 0.280. The van der Waals surface area contributed by atoms with E-state index in [9.17, 15) is 14.4 Å². The van der Waals surface area contributed by atoms with Crippen molar-refractivity contribution in [3.63, 3.8) is 0 Å². The molecule has 0 saturated heterocycles. The van der Waals surface area contributed by atoms with Crippen LogP contribution in [0.5, 0.6) is 0 Å². The van der Waals surface area contributed by atoms with Crippen LogP contribution in [0, 0.1) is 0 Å². The predicted octanol–water partition coefficient (Wildman–Crippen LogP) is 4.76. The van der Waals surface area contributed by atoms with E-state index in [0.717, 1.165) is 0 Å². The van der Waals surface area contributed by atoms with Gasteiger partial charge in [-0.05, 0) is 69.7 Å². The Morgan fingerprint density at radius 1 is 1.03 bits per heavy atom. The van der Waals surface area contributed by atoms with Crippen LogP contribution in [0.2, 0.25) is 10.0 Å². The number of anilines is 1. The highest BCUT2D eigenvalue weighted by Gasteiger charge is 2.27. The molecule has 9 heteroatoms. The Morgan fingerprint density at radius 3 is 2.32 bits per heavy atom. The van der Waals surface area contributed by atoms with E-state index in [2.05, 4.69) is 5.32 Å². The van der Waals surface area contributed by atoms with E-state index in [-0.39, 0.29) is 29.8 Å². The Morgan fingerprint density at radius 2 is 1.71 bits per heavy atom. The lowest BCUT2D eigenvalue weighted by molar-refractivity contribution is 0.0731. The molecule has 2 aromatic carbocycles. The summed E-state index contributed by atoms with van der Waals surface area (Å²) in [6.45, 7) is 5.99. The molecule has 0 unspecified atom stereocenters. The van der Waals surface area contributed by atoms with Gasteiger partial charge in [-0.25, -0.2) is 9.55 Å². The summed E-state index contributed by atoms with van der Waals surface area (Å²) in [4.78, 5) is 44.7. The maximum Gasteiger partial charge on any atom is 0.263 e. The zero-order valence-corrected chi connectivity index (χ0v) is 20.6. The highest BCUT2D eigenvalue weighted by Crippen LogP contribution is 2.25. The van der Waals surface area contributed by atoms with E-state index in [4.69, 9.17) is 28.2 Å². The Hall–Kier alpha value is -3.16. The average Bonchev–Trinajstić information content (AvgIpc) is 2.80. The number of halogens is 2. The summed E-state index contributed by atoms with van der Waals surface area (Å²) in [6, 6.07) is 11.7. The van der Waals surface area contributed by atoms with E-state index in [1.165, 1.54) is 11.5 Å². The molecule has 0 fully saturated rings. The molecule has 1 N–H and O–H groups in total. The van der Waals surface area contributed by atoms with Crippen molar-refractivity contribution in [1.82, 2.24) is 14.5 Å². The molecule has 0 atom stereocenters. The van der Waals surface area contributed by atoms with Crippen LogP contribution in [-0.2, 0) is 13.0 Å². The Labute approximate surface area is 207 Å². The van der Waals surface area contributed by atoms with Gasteiger partial charge >= 0.3 is 0 Å². The van der Waals surface area contributed by atoms with Crippen molar-refractivity contribution >= 4 is 40.8 Å². The van der Waals surface area contributed by atoms with Crippen LogP contribution in [-0.4, -0.2) is 38.7 Å². The van der Waals surface area contributed by atoms with Crippen LogP contribution in [0.1, 0.15) is 52.7 Å². The lowest BCUT2D eigenvalue weighted by atomic mass is 10.0. The first-order chi connectivity index (χ1) is 16.2. The lowest BCUT2D eigenvalue weighted by Crippen LogP contribution is -2.41. The first-order valence-electron chi connectivity index (χ1n) is 10.9. The zero-order valence-electron chi connectivity index (χ0n) is 19.1. The van der Waals surface area contributed by atoms with Gasteiger partial charge in [-0.15, -0.1) is 0 Å². The maximum atomic E-state index is 13.5. The number of nitrogens with zero attached hydrogens (tertiary/aromatic N) is 3. The van der Waals surface area contributed by atoms with Gasteiger partial charge in [-0.3, -0.25) is 14.4 Å². The standard InChI is InChI=1S/C25H24Cl2N4O3/c1-14(2)28-25-29-22-13-30(23(33)17-6-9-20(26)21(27)12-17)11-10-19(22)24(34)31(25)18-7-4-16(5-8-18)15(3)32/h4-9,12,14H,10-11,13H2,1-3H3,(H,28,29). The minimum atomic E-state index is -0.201. The summed E-state index contributed by atoms with van der Waals surface area (Å²) >= 11 is 12.1. The molecule has 2 heterocycles. The molecule has 1 amide bonds. The van der Waals surface area contributed by atoms with Crippen LogP contribution in [0.15, 0.2) is 47.3 Å². The number of Topliss-reactive ketones (excluding diaryl/α,β-unsaturated/α-hetero) is 1. The van der Waals surface area contributed by atoms with Crippen molar-refractivity contribution in [3.8, 4) is 5.69 Å². The van der Waals surface area contributed by atoms with Gasteiger partial charge in [0, 0.05) is 29.3 Å². The monoisotopic (exact) mass is 498 g/mol. The Balaban J connectivity index is 1.72. The van der Waals surface area contributed by atoms with Crippen molar-refractivity contribution in [3.05, 3.63) is 85.2 Å². The van der Waals surface area contributed by atoms with Crippen LogP contribution < -0.4 is 10.9 Å². The van der Waals surface area contributed by atoms with Crippen molar-refractivity contribution in [2.75, 3.05) is 11.9 Å². The van der Waals surface area contributed by atoms with E-state index in [1.807, 2.05) is 13.8 Å². The summed E-state index contributed by atoms with van der Waals surface area (Å²) in [7, 11) is 0. The third kappa shape index (κ3) is 4.72. The summed E-state index contributed by atoms with van der Waals surface area (Å²) in [5, 5.41) is 3.93. The summed E-state index contributed by atoms with van der Waals surface area (Å²) in [5.41, 5.74) is 2.55. The quantitative estimate of drug-likeness (QED) is 0.512. The van der Waals surface area contributed by atoms with Crippen LogP contribution in [0.3, 0.4) is 0 Å². The maximum absolute atomic E-state index is 13.5. The van der Waals surface area contributed by atoms with Crippen LogP contribution in [0.4, 0.5) is 5.95 Å². The van der Waals surface area contributed by atoms with Gasteiger partial charge < -0.3 is 10.2 Å². The van der Waals surface area contributed by atoms with Gasteiger partial charge in [0.05, 0.1) is 28.0 Å². The minimum Gasteiger partial charge on any atom is -0.353 e. The molecular weight excluding hydrogens is 475 g/mol. The largest absolute Gasteiger partial charge is 0.353 e. The third-order valence-electron chi connectivity index (χ3n) is 5.64. The summed E-state index contributed by atoms with van der Waals surface area (Å²) in [5.74, 6) is 0.140. The number of carbonyl (C=O) groups is 2. The van der Waals surface area contributed by atoms with E-state index in [0.29, 0.717) is 57.0 Å². The number of nitrogens with one attached hydrogen (secondary N) is 1. The molecule has 1 aliphatic heterocycles. The SMILES string of the molecule is CC(=O)c1ccc(-n2c(NC(C)C)nc3c(c2=O)CCN(C(=O)c2ccc(Cl)c(Cl)c2)C3)cc1. The van der Waals surface area contributed by atoms with Gasteiger partial charge in [0.1, 0.15) is 0 Å². The molecule has 0 radical (unpaired) electrons. The normalized spacial score (nSPS) is 13.1. The number of carbonyl (C=O) groups excluding carboxylic acids is 2. The van der Waals surface area contributed by atoms with Crippen molar-refractivity contribution < 1.29 is 9.59 Å². The molecule has 1 aromatic heterocycles. The molecule has 0 aliphatic carbocycles. The second-order valence-corrected chi connectivity index (χ2v) is 9.32. The topological polar surface area (TPSA) is 84.3 Å². The van der Waals surface area contributed by atoms with Gasteiger partial charge in [-0.1, -0.05) is 23.2 Å². The number of amides is 1. The Bertz CT molecular complexity index is 1330. The number of aromatic nitrogens is 2. The molecule has 1 aliphatic rings. The van der Waals surface area contributed by atoms with E-state index >= 15 is 0 Å². The number of fused-ring (bicyclic) bond motifs is 1. The van der Waals surface area contributed by atoms with E-state index < -0.39 is 0 Å². The second kappa shape index (κ2) is 9.60. The summed E-state index contributed by atoms with van der Waals surface area (Å²) < 4.78 is 1.53. The number of hydrogen-bond donors (Lipinski definition) is 1. The molecule has 4 rings (SSSR count). The molecule has 3 aromatic rings. The molecular formula is C25H24Cl2N4O3. The molecule has 0 spiro atoms. The first kappa shape index (κ1) is 24.0. The van der Waals surface area contributed by atoms with Crippen LogP contribution >= 0.6 is 23.2 Å². The van der Waals surface area contributed by atoms with E-state index in [1.54, 1.807) is 47.4 Å². The lowest BCUT2D eigenvalue weighted by Gasteiger charge is -2.29. The second-order valence-electron chi connectivity index (χ2n) is 8.51. The van der Waals surface area contributed by atoms with Gasteiger partial charge in [0.2, 0.25) is 5.95 Å². The van der Waals surface area contributed by atoms with Gasteiger partial charge in [-0.2, -0.15) is 0 Å². The van der Waals surface area contributed by atoms with Gasteiger partial charge in [0.25, 0.3) is 11.5 Å². The molecule has 34 heavy (non-hydrogen) atoms. The molecule has 176 valence electrons. The van der Waals surface area contributed by atoms with Crippen molar-refractivity contribution in [2.45, 2.75) is 39.8 Å². The average molecular weight is 499 g/mol. The first-order valence-corrected chi connectivity index (χ1v) is 11.7. The number of benzene rings is 2. The highest BCUT2D eigenvalue weighted by molar-refractivity contribution is 6.42. The van der Waals surface area contributed by atoms with Crippen molar-refractivity contribution in [2.24, 2.45) is 0 Å².